The molecule has 3 aromatic rings. The molecule has 0 bridgehead atoms. The molecule has 3 aromatic carbocycles. The molecule has 15 nitrogen and oxygen atoms in total. The third-order valence-corrected chi connectivity index (χ3v) is 13.7. The van der Waals surface area contributed by atoms with E-state index >= 15 is 0 Å². The van der Waals surface area contributed by atoms with Crippen LogP contribution in [0.5, 0.6) is 11.5 Å². The highest BCUT2D eigenvalue weighted by Crippen LogP contribution is 2.49. The van der Waals surface area contributed by atoms with Crippen LogP contribution in [-0.4, -0.2) is 106 Å². The Morgan fingerprint density at radius 3 is 2.29 bits per heavy atom. The molecule has 0 saturated carbocycles. The fourth-order valence-electron chi connectivity index (χ4n) is 6.64. The minimum atomic E-state index is -4.04. The standard InChI is InChI=1S/C41H56N3O12PS/c1-28(2)25-44(58(49,50)35-17-15-33(51-5)16-18-35)26-38(46)37(43-41(47)54-39-27-53-40-36(39)19-21-52-40)23-31-11-13-32(14-12-31)24-42-20-22-57(48,55-30(4)29(3)45)56-34-9-7-6-8-10-34/h6-18,28,30,36-40,42,46H,19-27H2,1-5H3,(H,43,47)/t30?,36-,37-,38+,39-,40+,57?/m0/s1. The number of hydrogen-bond donors (Lipinski definition) is 3. The Bertz CT molecular complexity index is 1940. The van der Waals surface area contributed by atoms with Crippen LogP contribution in [0.25, 0.3) is 0 Å². The lowest BCUT2D eigenvalue weighted by molar-refractivity contribution is -0.123. The van der Waals surface area contributed by atoms with Crippen molar-refractivity contribution in [2.45, 2.75) is 82.6 Å². The Kier molecular flexibility index (Phi) is 16.3. The second-order valence-electron chi connectivity index (χ2n) is 15.0. The number of Topliss-reactive ketones (excluding diaryl/α,β-unsaturated/α-hetero) is 1. The van der Waals surface area contributed by atoms with Gasteiger partial charge < -0.3 is 39.2 Å². The van der Waals surface area contributed by atoms with Crippen molar-refractivity contribution in [3.8, 4) is 11.5 Å². The van der Waals surface area contributed by atoms with E-state index in [1.54, 1.807) is 36.4 Å². The first-order valence-electron chi connectivity index (χ1n) is 19.5. The van der Waals surface area contributed by atoms with Crippen molar-refractivity contribution in [3.63, 3.8) is 0 Å². The molecule has 1 amide bonds. The van der Waals surface area contributed by atoms with Crippen LogP contribution in [0.15, 0.2) is 83.8 Å². The first-order valence-corrected chi connectivity index (χ1v) is 22.7. The number of nitrogens with one attached hydrogen (secondary N) is 2. The molecular formula is C41H56N3O12PS. The Balaban J connectivity index is 1.26. The predicted octanol–water partition coefficient (Wildman–Crippen LogP) is 5.16. The van der Waals surface area contributed by atoms with E-state index in [9.17, 15) is 27.7 Å². The Morgan fingerprint density at radius 1 is 0.948 bits per heavy atom. The largest absolute Gasteiger partial charge is 0.497 e. The van der Waals surface area contributed by atoms with Gasteiger partial charge in [0.2, 0.25) is 10.0 Å². The molecule has 5 rings (SSSR count). The second-order valence-corrected chi connectivity index (χ2v) is 19.0. The van der Waals surface area contributed by atoms with Crippen molar-refractivity contribution in [1.29, 1.82) is 0 Å². The Labute approximate surface area is 341 Å². The number of aliphatic hydroxyl groups excluding tert-OH is 1. The fourth-order valence-corrected chi connectivity index (χ4v) is 10.0. The van der Waals surface area contributed by atoms with Gasteiger partial charge in [-0.25, -0.2) is 17.8 Å². The maximum Gasteiger partial charge on any atom is 0.407 e. The third-order valence-electron chi connectivity index (χ3n) is 9.92. The molecule has 2 saturated heterocycles. The maximum atomic E-state index is 13.9. The first kappa shape index (κ1) is 45.2. The highest BCUT2D eigenvalue weighted by Gasteiger charge is 2.44. The summed E-state index contributed by atoms with van der Waals surface area (Å²) in [4.78, 5) is 25.3. The monoisotopic (exact) mass is 845 g/mol. The SMILES string of the molecule is COc1ccc(S(=O)(=O)N(CC(C)C)C[C@@H](O)[C@H](Cc2ccc(CNCCP(=O)(Oc3ccccc3)OC(C)C(C)=O)cc2)NC(=O)O[C@H]2CO[C@H]3OCC[C@H]32)cc1. The van der Waals surface area contributed by atoms with E-state index in [4.69, 9.17) is 28.0 Å². The van der Waals surface area contributed by atoms with Crippen molar-refractivity contribution in [3.05, 3.63) is 90.0 Å². The van der Waals surface area contributed by atoms with E-state index in [2.05, 4.69) is 10.6 Å². The molecule has 58 heavy (non-hydrogen) atoms. The van der Waals surface area contributed by atoms with Crippen LogP contribution in [0.1, 0.15) is 45.2 Å². The average molecular weight is 846 g/mol. The van der Waals surface area contributed by atoms with E-state index in [0.29, 0.717) is 31.1 Å². The van der Waals surface area contributed by atoms with Crippen molar-refractivity contribution < 1.29 is 55.7 Å². The number of carbonyl (C=O) groups is 2. The number of fused-ring (bicyclic) bond motifs is 1. The molecular weight excluding hydrogens is 790 g/mol. The van der Waals surface area contributed by atoms with E-state index in [1.165, 1.54) is 37.4 Å². The number of hydrogen-bond acceptors (Lipinski definition) is 13. The number of sulfonamides is 1. The summed E-state index contributed by atoms with van der Waals surface area (Å²) in [6, 6.07) is 21.2. The summed E-state index contributed by atoms with van der Waals surface area (Å²) in [5.41, 5.74) is 1.66. The topological polar surface area (TPSA) is 188 Å². The molecule has 2 aliphatic heterocycles. The van der Waals surface area contributed by atoms with Crippen LogP contribution in [0.2, 0.25) is 0 Å². The number of methoxy groups -OCH3 is 1. The molecule has 0 aliphatic carbocycles. The summed E-state index contributed by atoms with van der Waals surface area (Å²) < 4.78 is 76.2. The first-order chi connectivity index (χ1) is 27.7. The molecule has 2 fully saturated rings. The van der Waals surface area contributed by atoms with Gasteiger partial charge in [-0.05, 0) is 80.1 Å². The lowest BCUT2D eigenvalue weighted by Crippen LogP contribution is -2.51. The van der Waals surface area contributed by atoms with E-state index < -0.39 is 54.4 Å². The number of amides is 1. The van der Waals surface area contributed by atoms with E-state index in [1.807, 2.05) is 44.2 Å². The van der Waals surface area contributed by atoms with Crippen LogP contribution >= 0.6 is 7.60 Å². The summed E-state index contributed by atoms with van der Waals surface area (Å²) in [5.74, 6) is 0.457. The van der Waals surface area contributed by atoms with Crippen LogP contribution in [-0.2, 0) is 51.1 Å². The Morgan fingerprint density at radius 2 is 1.64 bits per heavy atom. The number of rotatable bonds is 22. The summed E-state index contributed by atoms with van der Waals surface area (Å²) in [6.07, 6.45) is -3.06. The number of nitrogens with zero attached hydrogens (tertiary/aromatic N) is 1. The van der Waals surface area contributed by atoms with E-state index in [0.717, 1.165) is 11.1 Å². The summed E-state index contributed by atoms with van der Waals surface area (Å²) in [5, 5.41) is 17.8. The smallest absolute Gasteiger partial charge is 0.407 e. The van der Waals surface area contributed by atoms with Gasteiger partial charge in [0.25, 0.3) is 0 Å². The van der Waals surface area contributed by atoms with Gasteiger partial charge in [0.15, 0.2) is 12.1 Å². The maximum absolute atomic E-state index is 13.9. The molecule has 0 radical (unpaired) electrons. The number of aliphatic hydroxyl groups is 1. The number of alkyl carbamates (subject to hydrolysis) is 1. The van der Waals surface area contributed by atoms with E-state index in [-0.39, 0.29) is 61.3 Å². The van der Waals surface area contributed by atoms with Gasteiger partial charge in [-0.3, -0.25) is 9.32 Å². The lowest BCUT2D eigenvalue weighted by atomic mass is 10.00. The molecule has 17 heteroatoms. The van der Waals surface area contributed by atoms with Crippen molar-refractivity contribution in [2.75, 3.05) is 46.1 Å². The van der Waals surface area contributed by atoms with Crippen LogP contribution in [0.4, 0.5) is 4.79 Å². The number of ketones is 1. The van der Waals surface area contributed by atoms with Crippen molar-refractivity contribution in [2.24, 2.45) is 11.8 Å². The lowest BCUT2D eigenvalue weighted by Gasteiger charge is -2.31. The Hall–Kier alpha value is -3.86. The number of benzene rings is 3. The zero-order chi connectivity index (χ0) is 41.9. The normalized spacial score (nSPS) is 20.5. The van der Waals surface area contributed by atoms with Gasteiger partial charge in [-0.15, -0.1) is 0 Å². The average Bonchev–Trinajstić information content (AvgIpc) is 3.82. The van der Waals surface area contributed by atoms with Crippen LogP contribution in [0.3, 0.4) is 0 Å². The third kappa shape index (κ3) is 12.8. The van der Waals surface area contributed by atoms with Crippen molar-refractivity contribution in [1.82, 2.24) is 14.9 Å². The minimum Gasteiger partial charge on any atom is -0.497 e. The summed E-state index contributed by atoms with van der Waals surface area (Å²) >= 11 is 0. The summed E-state index contributed by atoms with van der Waals surface area (Å²) in [7, 11) is -6.24. The molecule has 2 aliphatic rings. The van der Waals surface area contributed by atoms with Crippen LogP contribution in [0, 0.1) is 11.8 Å². The zero-order valence-electron chi connectivity index (χ0n) is 33.7. The quantitative estimate of drug-likeness (QED) is 0.0890. The summed E-state index contributed by atoms with van der Waals surface area (Å²) in [6.45, 7) is 7.89. The number of ether oxygens (including phenoxy) is 4. The van der Waals surface area contributed by atoms with Gasteiger partial charge in [-0.1, -0.05) is 56.3 Å². The van der Waals surface area contributed by atoms with Crippen LogP contribution < -0.4 is 19.9 Å². The highest BCUT2D eigenvalue weighted by molar-refractivity contribution is 7.89. The van der Waals surface area contributed by atoms with Gasteiger partial charge in [0.1, 0.15) is 23.7 Å². The molecule has 0 spiro atoms. The molecule has 7 atom stereocenters. The molecule has 0 aromatic heterocycles. The minimum absolute atomic E-state index is 0.0162. The number of carbonyl (C=O) groups excluding carboxylic acids is 2. The van der Waals surface area contributed by atoms with Gasteiger partial charge in [-0.2, -0.15) is 4.31 Å². The predicted molar refractivity (Wildman–Crippen MR) is 216 cm³/mol. The molecule has 2 unspecified atom stereocenters. The molecule has 318 valence electrons. The highest BCUT2D eigenvalue weighted by atomic mass is 32.2. The number of para-hydroxylation sites is 1. The van der Waals surface area contributed by atoms with Gasteiger partial charge in [0.05, 0.1) is 49.4 Å². The van der Waals surface area contributed by atoms with Gasteiger partial charge in [0, 0.05) is 26.2 Å². The second kappa shape index (κ2) is 20.9. The fraction of sp³-hybridized carbons (Fsp3) is 0.512. The molecule has 2 heterocycles. The molecule has 3 N–H and O–H groups in total. The van der Waals surface area contributed by atoms with Gasteiger partial charge >= 0.3 is 13.7 Å². The zero-order valence-corrected chi connectivity index (χ0v) is 35.4. The van der Waals surface area contributed by atoms with Crippen molar-refractivity contribution >= 4 is 29.5 Å².